The van der Waals surface area contributed by atoms with Gasteiger partial charge in [-0.2, -0.15) is 5.26 Å². The topological polar surface area (TPSA) is 85.7 Å². The van der Waals surface area contributed by atoms with Gasteiger partial charge >= 0.3 is 0 Å². The average Bonchev–Trinajstić information content (AvgIpc) is 3.22. The molecule has 7 nitrogen and oxygen atoms in total. The van der Waals surface area contributed by atoms with Gasteiger partial charge in [0.2, 0.25) is 0 Å². The van der Waals surface area contributed by atoms with E-state index in [1.54, 1.807) is 43.9 Å². The highest BCUT2D eigenvalue weighted by molar-refractivity contribution is 6.30. The van der Waals surface area contributed by atoms with Gasteiger partial charge in [0, 0.05) is 37.3 Å². The zero-order chi connectivity index (χ0) is 21.8. The number of rotatable bonds is 6. The Morgan fingerprint density at radius 3 is 2.71 bits per heavy atom. The number of halogens is 1. The summed E-state index contributed by atoms with van der Waals surface area (Å²) in [6.07, 6.45) is 7.54. The lowest BCUT2D eigenvalue weighted by molar-refractivity contribution is 0.413. The van der Waals surface area contributed by atoms with Crippen LogP contribution in [-0.2, 0) is 13.0 Å². The fraction of sp³-hybridized carbons (Fsp3) is 0.130. The Kier molecular flexibility index (Phi) is 5.83. The molecule has 3 aromatic heterocycles. The summed E-state index contributed by atoms with van der Waals surface area (Å²) in [4.78, 5) is 20.9. The molecule has 0 N–H and O–H groups in total. The average molecular weight is 432 g/mol. The molecule has 0 unspecified atom stereocenters. The highest BCUT2D eigenvalue weighted by atomic mass is 35.5. The molecule has 0 saturated carbocycles. The van der Waals surface area contributed by atoms with E-state index in [2.05, 4.69) is 16.0 Å². The SMILES string of the molecule is COc1cc(Cc2nccn2Cc2ccc(-n3cc(Cl)ccc3=O)nc2)ccc1C#N. The number of aromatic nitrogens is 4. The van der Waals surface area contributed by atoms with E-state index in [9.17, 15) is 4.79 Å². The lowest BCUT2D eigenvalue weighted by atomic mass is 10.1. The molecule has 1 aromatic carbocycles. The molecule has 4 aromatic rings. The summed E-state index contributed by atoms with van der Waals surface area (Å²) in [5.74, 6) is 1.93. The highest BCUT2D eigenvalue weighted by Gasteiger charge is 2.09. The number of pyridine rings is 2. The number of hydrogen-bond donors (Lipinski definition) is 0. The summed E-state index contributed by atoms with van der Waals surface area (Å²) in [5.41, 5.74) is 2.27. The van der Waals surface area contributed by atoms with E-state index in [-0.39, 0.29) is 5.56 Å². The van der Waals surface area contributed by atoms with Crippen LogP contribution in [0.25, 0.3) is 5.82 Å². The van der Waals surface area contributed by atoms with Crippen molar-refractivity contribution in [2.45, 2.75) is 13.0 Å². The van der Waals surface area contributed by atoms with Crippen molar-refractivity contribution in [1.29, 1.82) is 5.26 Å². The molecule has 0 saturated heterocycles. The van der Waals surface area contributed by atoms with Crippen LogP contribution in [0.5, 0.6) is 5.75 Å². The summed E-state index contributed by atoms with van der Waals surface area (Å²) in [6, 6.07) is 14.3. The summed E-state index contributed by atoms with van der Waals surface area (Å²) >= 11 is 5.99. The van der Waals surface area contributed by atoms with Crippen LogP contribution in [0.2, 0.25) is 5.02 Å². The molecule has 0 aliphatic carbocycles. The van der Waals surface area contributed by atoms with Gasteiger partial charge in [0.1, 0.15) is 23.5 Å². The van der Waals surface area contributed by atoms with Gasteiger partial charge in [0.05, 0.1) is 24.2 Å². The Labute approximate surface area is 183 Å². The predicted molar refractivity (Wildman–Crippen MR) is 117 cm³/mol. The predicted octanol–water partition coefficient (Wildman–Crippen LogP) is 3.60. The maximum atomic E-state index is 12.0. The third-order valence-corrected chi connectivity index (χ3v) is 5.06. The third kappa shape index (κ3) is 4.49. The molecule has 0 atom stereocenters. The molecule has 0 aliphatic heterocycles. The van der Waals surface area contributed by atoms with E-state index in [1.165, 1.54) is 10.6 Å². The molecule has 0 amide bonds. The van der Waals surface area contributed by atoms with Gasteiger partial charge in [-0.3, -0.25) is 9.36 Å². The van der Waals surface area contributed by atoms with Crippen molar-refractivity contribution in [3.05, 3.63) is 105 Å². The van der Waals surface area contributed by atoms with Gasteiger partial charge in [-0.25, -0.2) is 9.97 Å². The van der Waals surface area contributed by atoms with Crippen molar-refractivity contribution in [3.63, 3.8) is 0 Å². The van der Waals surface area contributed by atoms with Crippen molar-refractivity contribution in [3.8, 4) is 17.6 Å². The summed E-state index contributed by atoms with van der Waals surface area (Å²) in [6.45, 7) is 0.584. The molecular weight excluding hydrogens is 414 g/mol. The fourth-order valence-electron chi connectivity index (χ4n) is 3.26. The molecule has 0 fully saturated rings. The standard InChI is InChI=1S/C23H18ClN5O2/c1-31-20-10-16(2-4-18(20)12-25)11-22-26-8-9-28(22)14-17-3-6-21(27-13-17)29-15-19(24)5-7-23(29)30/h2-10,13,15H,11,14H2,1H3. The van der Waals surface area contributed by atoms with Crippen LogP contribution in [0.3, 0.4) is 0 Å². The molecule has 0 radical (unpaired) electrons. The highest BCUT2D eigenvalue weighted by Crippen LogP contribution is 2.21. The molecule has 4 rings (SSSR count). The van der Waals surface area contributed by atoms with Crippen molar-refractivity contribution in [2.75, 3.05) is 7.11 Å². The van der Waals surface area contributed by atoms with Gasteiger partial charge in [0.15, 0.2) is 0 Å². The normalized spacial score (nSPS) is 10.6. The minimum absolute atomic E-state index is 0.195. The monoisotopic (exact) mass is 431 g/mol. The van der Waals surface area contributed by atoms with Crippen LogP contribution >= 0.6 is 11.6 Å². The second-order valence-electron chi connectivity index (χ2n) is 6.87. The first-order chi connectivity index (χ1) is 15.1. The van der Waals surface area contributed by atoms with Crippen LogP contribution in [0, 0.1) is 11.3 Å². The summed E-state index contributed by atoms with van der Waals surface area (Å²) < 4.78 is 8.74. The Morgan fingerprint density at radius 2 is 1.97 bits per heavy atom. The largest absolute Gasteiger partial charge is 0.495 e. The van der Waals surface area contributed by atoms with Crippen molar-refractivity contribution in [1.82, 2.24) is 19.1 Å². The van der Waals surface area contributed by atoms with Crippen LogP contribution in [0.1, 0.15) is 22.5 Å². The van der Waals surface area contributed by atoms with Crippen molar-refractivity contribution < 1.29 is 4.74 Å². The molecule has 3 heterocycles. The molecule has 0 spiro atoms. The van der Waals surface area contributed by atoms with E-state index >= 15 is 0 Å². The van der Waals surface area contributed by atoms with E-state index in [0.717, 1.165) is 17.0 Å². The third-order valence-electron chi connectivity index (χ3n) is 4.83. The second-order valence-corrected chi connectivity index (χ2v) is 7.31. The van der Waals surface area contributed by atoms with Crippen LogP contribution in [0.4, 0.5) is 0 Å². The van der Waals surface area contributed by atoms with Crippen LogP contribution < -0.4 is 10.3 Å². The lowest BCUT2D eigenvalue weighted by Crippen LogP contribution is -2.17. The lowest BCUT2D eigenvalue weighted by Gasteiger charge is -2.10. The Balaban J connectivity index is 1.53. The second kappa shape index (κ2) is 8.86. The summed E-state index contributed by atoms with van der Waals surface area (Å²) in [7, 11) is 1.55. The van der Waals surface area contributed by atoms with E-state index in [0.29, 0.717) is 35.1 Å². The van der Waals surface area contributed by atoms with Gasteiger partial charge in [-0.15, -0.1) is 0 Å². The van der Waals surface area contributed by atoms with Gasteiger partial charge in [-0.05, 0) is 35.4 Å². The quantitative estimate of drug-likeness (QED) is 0.465. The van der Waals surface area contributed by atoms with Gasteiger partial charge in [-0.1, -0.05) is 23.7 Å². The van der Waals surface area contributed by atoms with Crippen LogP contribution in [-0.4, -0.2) is 26.2 Å². The molecule has 8 heteroatoms. The number of nitrogens with zero attached hydrogens (tertiary/aromatic N) is 5. The molecule has 0 bridgehead atoms. The van der Waals surface area contributed by atoms with Gasteiger partial charge < -0.3 is 9.30 Å². The maximum Gasteiger partial charge on any atom is 0.256 e. The van der Waals surface area contributed by atoms with E-state index in [4.69, 9.17) is 21.6 Å². The number of hydrogen-bond acceptors (Lipinski definition) is 5. The van der Waals surface area contributed by atoms with Crippen molar-refractivity contribution in [2.24, 2.45) is 0 Å². The molecule has 154 valence electrons. The minimum atomic E-state index is -0.195. The first-order valence-corrected chi connectivity index (χ1v) is 9.85. The Hall–Kier alpha value is -3.89. The number of imidazole rings is 1. The van der Waals surface area contributed by atoms with Crippen LogP contribution in [0.15, 0.2) is 72.0 Å². The first kappa shape index (κ1) is 20.4. The Morgan fingerprint density at radius 1 is 1.13 bits per heavy atom. The maximum absolute atomic E-state index is 12.0. The van der Waals surface area contributed by atoms with Gasteiger partial charge in [0.25, 0.3) is 5.56 Å². The summed E-state index contributed by atoms with van der Waals surface area (Å²) in [5, 5.41) is 9.61. The Bertz CT molecular complexity index is 1320. The first-order valence-electron chi connectivity index (χ1n) is 9.48. The number of methoxy groups -OCH3 is 1. The zero-order valence-electron chi connectivity index (χ0n) is 16.7. The number of nitriles is 1. The fourth-order valence-corrected chi connectivity index (χ4v) is 3.42. The minimum Gasteiger partial charge on any atom is -0.495 e. The van der Waals surface area contributed by atoms with E-state index in [1.807, 2.05) is 29.0 Å². The molecule has 0 aliphatic rings. The molecule has 31 heavy (non-hydrogen) atoms. The van der Waals surface area contributed by atoms with Crippen molar-refractivity contribution >= 4 is 11.6 Å². The van der Waals surface area contributed by atoms with E-state index < -0.39 is 0 Å². The number of ether oxygens (including phenoxy) is 1. The smallest absolute Gasteiger partial charge is 0.256 e. The number of benzene rings is 1. The zero-order valence-corrected chi connectivity index (χ0v) is 17.5. The molecular formula is C23H18ClN5O2.